The Morgan fingerprint density at radius 3 is 2.43 bits per heavy atom. The lowest BCUT2D eigenvalue weighted by Gasteiger charge is -2.26. The fraction of sp³-hybridized carbons (Fsp3) is 0.115. The van der Waals surface area contributed by atoms with Gasteiger partial charge in [0.15, 0.2) is 11.5 Å². The van der Waals surface area contributed by atoms with Gasteiger partial charge in [0, 0.05) is 9.50 Å². The summed E-state index contributed by atoms with van der Waals surface area (Å²) < 4.78 is 12.1. The molecule has 3 aromatic carbocycles. The molecule has 0 bridgehead atoms. The summed E-state index contributed by atoms with van der Waals surface area (Å²) in [4.78, 5) is 39.0. The third kappa shape index (κ3) is 5.39. The lowest BCUT2D eigenvalue weighted by Crippen LogP contribution is -2.54. The van der Waals surface area contributed by atoms with Crippen molar-refractivity contribution >= 4 is 57.1 Å². The van der Waals surface area contributed by atoms with Crippen molar-refractivity contribution in [1.29, 1.82) is 0 Å². The first-order chi connectivity index (χ1) is 16.8. The number of imide groups is 2. The highest BCUT2D eigenvalue weighted by Crippen LogP contribution is 2.31. The summed E-state index contributed by atoms with van der Waals surface area (Å²) in [5.41, 5.74) is 2.47. The van der Waals surface area contributed by atoms with Gasteiger partial charge in [-0.05, 0) is 72.2 Å². The molecule has 4 rings (SSSR count). The van der Waals surface area contributed by atoms with E-state index in [9.17, 15) is 14.4 Å². The number of barbiturate groups is 1. The minimum absolute atomic E-state index is 0.179. The predicted octanol–water partition coefficient (Wildman–Crippen LogP) is 5.66. The summed E-state index contributed by atoms with van der Waals surface area (Å²) in [6, 6.07) is 16.6. The molecule has 7 nitrogen and oxygen atoms in total. The van der Waals surface area contributed by atoms with Gasteiger partial charge in [0.1, 0.15) is 12.2 Å². The minimum atomic E-state index is -0.803. The van der Waals surface area contributed by atoms with E-state index >= 15 is 0 Å². The molecule has 0 atom stereocenters. The van der Waals surface area contributed by atoms with E-state index in [-0.39, 0.29) is 5.57 Å². The monoisotopic (exact) mass is 554 g/mol. The molecule has 0 spiro atoms. The van der Waals surface area contributed by atoms with Crippen molar-refractivity contribution in [3.05, 3.63) is 92.4 Å². The molecular formula is C26H20BrClN2O5. The van der Waals surface area contributed by atoms with Crippen LogP contribution < -0.4 is 19.7 Å². The Balaban J connectivity index is 1.59. The maximum Gasteiger partial charge on any atom is 0.335 e. The smallest absolute Gasteiger partial charge is 0.335 e. The second-order valence-corrected chi connectivity index (χ2v) is 9.01. The number of hydrogen-bond acceptors (Lipinski definition) is 5. The van der Waals surface area contributed by atoms with Gasteiger partial charge < -0.3 is 9.47 Å². The van der Waals surface area contributed by atoms with E-state index in [1.54, 1.807) is 48.5 Å². The summed E-state index contributed by atoms with van der Waals surface area (Å²) in [6.07, 6.45) is 1.41. The zero-order valence-corrected chi connectivity index (χ0v) is 21.1. The molecule has 0 radical (unpaired) electrons. The number of amides is 4. The van der Waals surface area contributed by atoms with E-state index in [4.69, 9.17) is 21.1 Å². The minimum Gasteiger partial charge on any atom is -0.493 e. The van der Waals surface area contributed by atoms with Crippen LogP contribution in [0.3, 0.4) is 0 Å². The number of ether oxygens (including phenoxy) is 2. The summed E-state index contributed by atoms with van der Waals surface area (Å²) >= 11 is 9.32. The highest BCUT2D eigenvalue weighted by Gasteiger charge is 2.37. The molecule has 0 saturated carbocycles. The van der Waals surface area contributed by atoms with Gasteiger partial charge in [0.2, 0.25) is 0 Å². The van der Waals surface area contributed by atoms with Crippen LogP contribution in [0.25, 0.3) is 6.08 Å². The molecular weight excluding hydrogens is 536 g/mol. The lowest BCUT2D eigenvalue weighted by atomic mass is 10.1. The van der Waals surface area contributed by atoms with Gasteiger partial charge in [-0.25, -0.2) is 9.69 Å². The van der Waals surface area contributed by atoms with Crippen LogP contribution in [0.5, 0.6) is 11.5 Å². The summed E-state index contributed by atoms with van der Waals surface area (Å²) in [7, 11) is 1.50. The number of anilines is 1. The van der Waals surface area contributed by atoms with Crippen LogP contribution in [0.1, 0.15) is 16.7 Å². The third-order valence-corrected chi connectivity index (χ3v) is 6.45. The van der Waals surface area contributed by atoms with Gasteiger partial charge in [0.25, 0.3) is 11.8 Å². The Bertz CT molecular complexity index is 1350. The molecule has 3 aromatic rings. The van der Waals surface area contributed by atoms with Crippen molar-refractivity contribution in [2.45, 2.75) is 13.5 Å². The van der Waals surface area contributed by atoms with Crippen molar-refractivity contribution < 1.29 is 23.9 Å². The maximum absolute atomic E-state index is 13.2. The van der Waals surface area contributed by atoms with Crippen LogP contribution in [0, 0.1) is 6.92 Å². The molecule has 1 saturated heterocycles. The fourth-order valence-corrected chi connectivity index (χ4v) is 3.83. The number of nitrogens with one attached hydrogen (secondary N) is 1. The number of carbonyl (C=O) groups is 3. The molecule has 4 amide bonds. The fourth-order valence-electron chi connectivity index (χ4n) is 3.46. The maximum atomic E-state index is 13.2. The molecule has 9 heteroatoms. The van der Waals surface area contributed by atoms with Crippen LogP contribution in [-0.4, -0.2) is 25.0 Å². The number of aryl methyl sites for hydroxylation is 1. The molecule has 1 N–H and O–H groups in total. The number of nitrogens with zero attached hydrogens (tertiary/aromatic N) is 1. The number of halogens is 2. The van der Waals surface area contributed by atoms with Gasteiger partial charge in [-0.2, -0.15) is 0 Å². The molecule has 0 unspecified atom stereocenters. The van der Waals surface area contributed by atoms with E-state index in [2.05, 4.69) is 21.2 Å². The molecule has 1 heterocycles. The zero-order valence-electron chi connectivity index (χ0n) is 18.8. The molecule has 35 heavy (non-hydrogen) atoms. The van der Waals surface area contributed by atoms with Gasteiger partial charge >= 0.3 is 6.03 Å². The van der Waals surface area contributed by atoms with Crippen LogP contribution in [-0.2, 0) is 16.2 Å². The van der Waals surface area contributed by atoms with E-state index < -0.39 is 17.8 Å². The number of urea groups is 1. The normalized spacial score (nSPS) is 14.8. The van der Waals surface area contributed by atoms with Crippen LogP contribution in [0.15, 0.2) is 70.7 Å². The Hall–Kier alpha value is -3.62. The highest BCUT2D eigenvalue weighted by atomic mass is 79.9. The SMILES string of the molecule is COc1cc(/C=C2\C(=O)NC(=O)N(c3ccc(Br)c(C)c3)C2=O)ccc1OCc1ccc(Cl)cc1. The predicted molar refractivity (Wildman–Crippen MR) is 137 cm³/mol. The van der Waals surface area contributed by atoms with Crippen molar-refractivity contribution in [3.8, 4) is 11.5 Å². The van der Waals surface area contributed by atoms with Gasteiger partial charge in [-0.1, -0.05) is 45.7 Å². The Morgan fingerprint density at radius 2 is 1.74 bits per heavy atom. The van der Waals surface area contributed by atoms with Gasteiger partial charge in [-0.15, -0.1) is 0 Å². The standard InChI is InChI=1S/C26H20BrClN2O5/c1-15-11-19(8-9-21(15)27)30-25(32)20(24(31)29-26(30)33)12-17-5-10-22(23(13-17)34-2)35-14-16-3-6-18(28)7-4-16/h3-13H,14H2,1-2H3,(H,29,31,33)/b20-12+. The Kier molecular flexibility index (Phi) is 7.23. The molecule has 178 valence electrons. The average Bonchev–Trinajstić information content (AvgIpc) is 2.83. The number of rotatable bonds is 6. The van der Waals surface area contributed by atoms with E-state index in [1.165, 1.54) is 13.2 Å². The second kappa shape index (κ2) is 10.3. The Morgan fingerprint density at radius 1 is 1.00 bits per heavy atom. The number of benzene rings is 3. The quantitative estimate of drug-likeness (QED) is 0.313. The van der Waals surface area contributed by atoms with Crippen molar-refractivity contribution in [3.63, 3.8) is 0 Å². The van der Waals surface area contributed by atoms with E-state index in [0.717, 1.165) is 20.5 Å². The molecule has 0 aromatic heterocycles. The molecule has 0 aliphatic carbocycles. The number of hydrogen-bond donors (Lipinski definition) is 1. The van der Waals surface area contributed by atoms with Crippen LogP contribution in [0.4, 0.5) is 10.5 Å². The van der Waals surface area contributed by atoms with Crippen LogP contribution in [0.2, 0.25) is 5.02 Å². The lowest BCUT2D eigenvalue weighted by molar-refractivity contribution is -0.122. The molecule has 1 fully saturated rings. The highest BCUT2D eigenvalue weighted by molar-refractivity contribution is 9.10. The Labute approximate surface area is 215 Å². The van der Waals surface area contributed by atoms with Gasteiger partial charge in [-0.3, -0.25) is 14.9 Å². The largest absolute Gasteiger partial charge is 0.493 e. The first-order valence-corrected chi connectivity index (χ1v) is 11.7. The van der Waals surface area contributed by atoms with Crippen molar-refractivity contribution in [2.75, 3.05) is 12.0 Å². The summed E-state index contributed by atoms with van der Waals surface area (Å²) in [6.45, 7) is 2.14. The molecule has 1 aliphatic heterocycles. The number of carbonyl (C=O) groups excluding carboxylic acids is 3. The second-order valence-electron chi connectivity index (χ2n) is 7.72. The van der Waals surface area contributed by atoms with Crippen molar-refractivity contribution in [1.82, 2.24) is 5.32 Å². The van der Waals surface area contributed by atoms with Crippen molar-refractivity contribution in [2.24, 2.45) is 0 Å². The summed E-state index contributed by atoms with van der Waals surface area (Å²) in [5, 5.41) is 2.87. The van der Waals surface area contributed by atoms with E-state index in [1.807, 2.05) is 19.1 Å². The third-order valence-electron chi connectivity index (χ3n) is 5.31. The average molecular weight is 556 g/mol. The zero-order chi connectivity index (χ0) is 25.1. The van der Waals surface area contributed by atoms with Gasteiger partial charge in [0.05, 0.1) is 12.8 Å². The topological polar surface area (TPSA) is 84.9 Å². The first kappa shape index (κ1) is 24.5. The van der Waals surface area contributed by atoms with Crippen LogP contribution >= 0.6 is 27.5 Å². The van der Waals surface area contributed by atoms with E-state index in [0.29, 0.717) is 34.4 Å². The summed E-state index contributed by atoms with van der Waals surface area (Å²) in [5.74, 6) is -0.575. The first-order valence-electron chi connectivity index (χ1n) is 10.5. The number of methoxy groups -OCH3 is 1. The molecule has 1 aliphatic rings.